The van der Waals surface area contributed by atoms with Crippen LogP contribution in [0.2, 0.25) is 0 Å². The van der Waals surface area contributed by atoms with E-state index in [-0.39, 0.29) is 0 Å². The van der Waals surface area contributed by atoms with E-state index in [0.29, 0.717) is 11.1 Å². The summed E-state index contributed by atoms with van der Waals surface area (Å²) in [5.74, 6) is -4.36. The summed E-state index contributed by atoms with van der Waals surface area (Å²) in [6.45, 7) is 5.66. The van der Waals surface area contributed by atoms with Crippen molar-refractivity contribution in [3.63, 3.8) is 0 Å². The van der Waals surface area contributed by atoms with Crippen LogP contribution < -0.4 is 5.32 Å². The first-order valence-corrected chi connectivity index (χ1v) is 9.19. The molecule has 0 spiro atoms. The molecule has 1 aromatic rings. The average molecular weight is 412 g/mol. The number of carbonyl (C=O) groups is 3. The van der Waals surface area contributed by atoms with Crippen LogP contribution in [0.4, 0.5) is 13.6 Å². The summed E-state index contributed by atoms with van der Waals surface area (Å²) in [7, 11) is 1.27. The number of ether oxygens (including phenoxy) is 2. The van der Waals surface area contributed by atoms with E-state index < -0.39 is 54.5 Å². The van der Waals surface area contributed by atoms with E-state index in [2.05, 4.69) is 10.1 Å². The molecule has 0 bridgehead atoms. The standard InChI is InChI=1S/C20H26F2N2O5/c1-12(13-6-8-14(9-7-13)17(26)28-5)23-16(25)15-10-20(21,22)11-24(15)18(27)29-19(2,3)4/h6-9,12,15H,10-11H2,1-5H3,(H,23,25)/t12-,15+/m0/s1. The molecule has 160 valence electrons. The SMILES string of the molecule is COC(=O)c1ccc([C@H](C)NC(=O)[C@H]2CC(F)(F)CN2C(=O)OC(C)(C)C)cc1. The molecule has 1 aliphatic rings. The molecule has 1 fully saturated rings. The van der Waals surface area contributed by atoms with Crippen LogP contribution in [0.1, 0.15) is 56.1 Å². The zero-order valence-corrected chi connectivity index (χ0v) is 17.1. The van der Waals surface area contributed by atoms with Crippen molar-refractivity contribution in [3.05, 3.63) is 35.4 Å². The molecule has 1 heterocycles. The van der Waals surface area contributed by atoms with Crippen LogP contribution in [-0.4, -0.2) is 54.1 Å². The van der Waals surface area contributed by atoms with Gasteiger partial charge in [-0.15, -0.1) is 0 Å². The lowest BCUT2D eigenvalue weighted by molar-refractivity contribution is -0.126. The van der Waals surface area contributed by atoms with E-state index in [1.54, 1.807) is 52.0 Å². The minimum atomic E-state index is -3.18. The van der Waals surface area contributed by atoms with Crippen molar-refractivity contribution in [2.45, 2.75) is 57.7 Å². The summed E-state index contributed by atoms with van der Waals surface area (Å²) in [6.07, 6.45) is -1.73. The molecule has 0 aromatic heterocycles. The number of esters is 1. The topological polar surface area (TPSA) is 84.9 Å². The van der Waals surface area contributed by atoms with Crippen molar-refractivity contribution in [3.8, 4) is 0 Å². The summed E-state index contributed by atoms with van der Waals surface area (Å²) >= 11 is 0. The lowest BCUT2D eigenvalue weighted by Crippen LogP contribution is -2.48. The fourth-order valence-corrected chi connectivity index (χ4v) is 2.98. The highest BCUT2D eigenvalue weighted by molar-refractivity contribution is 5.89. The summed E-state index contributed by atoms with van der Waals surface area (Å²) in [6, 6.07) is 4.49. The van der Waals surface area contributed by atoms with Crippen LogP contribution >= 0.6 is 0 Å². The zero-order valence-electron chi connectivity index (χ0n) is 17.1. The van der Waals surface area contributed by atoms with E-state index in [1.807, 2.05) is 0 Å². The van der Waals surface area contributed by atoms with Crippen LogP contribution in [0.5, 0.6) is 0 Å². The van der Waals surface area contributed by atoms with Crippen LogP contribution in [0.25, 0.3) is 0 Å². The molecule has 0 saturated carbocycles. The number of carbonyl (C=O) groups excluding carboxylic acids is 3. The molecule has 2 amide bonds. The number of rotatable bonds is 4. The number of halogens is 2. The lowest BCUT2D eigenvalue weighted by Gasteiger charge is -2.28. The summed E-state index contributed by atoms with van der Waals surface area (Å²) < 4.78 is 37.7. The summed E-state index contributed by atoms with van der Waals surface area (Å²) in [5, 5.41) is 2.65. The number of benzene rings is 1. The molecule has 1 saturated heterocycles. The fourth-order valence-electron chi connectivity index (χ4n) is 2.98. The smallest absolute Gasteiger partial charge is 0.411 e. The number of amides is 2. The van der Waals surface area contributed by atoms with Gasteiger partial charge < -0.3 is 14.8 Å². The van der Waals surface area contributed by atoms with Gasteiger partial charge in [0.25, 0.3) is 5.92 Å². The molecule has 1 N–H and O–H groups in total. The molecule has 7 nitrogen and oxygen atoms in total. The van der Waals surface area contributed by atoms with E-state index >= 15 is 0 Å². The average Bonchev–Trinajstić information content (AvgIpc) is 2.95. The number of alkyl halides is 2. The minimum Gasteiger partial charge on any atom is -0.465 e. The molecular weight excluding hydrogens is 386 g/mol. The molecular formula is C20H26F2N2O5. The number of hydrogen-bond acceptors (Lipinski definition) is 5. The number of methoxy groups -OCH3 is 1. The first-order chi connectivity index (χ1) is 13.3. The normalized spacial score (nSPS) is 19.4. The Bertz CT molecular complexity index is 774. The van der Waals surface area contributed by atoms with Gasteiger partial charge in [-0.25, -0.2) is 18.4 Å². The first-order valence-electron chi connectivity index (χ1n) is 9.19. The van der Waals surface area contributed by atoms with Gasteiger partial charge in [-0.1, -0.05) is 12.1 Å². The highest BCUT2D eigenvalue weighted by atomic mass is 19.3. The third-order valence-corrected chi connectivity index (χ3v) is 4.39. The molecule has 2 atom stereocenters. The van der Waals surface area contributed by atoms with Gasteiger partial charge in [0.2, 0.25) is 5.91 Å². The maximum Gasteiger partial charge on any atom is 0.411 e. The van der Waals surface area contributed by atoms with E-state index in [9.17, 15) is 23.2 Å². The van der Waals surface area contributed by atoms with Crippen molar-refractivity contribution in [1.82, 2.24) is 10.2 Å². The highest BCUT2D eigenvalue weighted by Crippen LogP contribution is 2.33. The second-order valence-electron chi connectivity index (χ2n) is 8.03. The predicted molar refractivity (Wildman–Crippen MR) is 101 cm³/mol. The van der Waals surface area contributed by atoms with Gasteiger partial charge in [-0.05, 0) is 45.4 Å². The van der Waals surface area contributed by atoms with Gasteiger partial charge in [0.05, 0.1) is 25.3 Å². The quantitative estimate of drug-likeness (QED) is 0.767. The van der Waals surface area contributed by atoms with Crippen molar-refractivity contribution in [1.29, 1.82) is 0 Å². The third-order valence-electron chi connectivity index (χ3n) is 4.39. The lowest BCUT2D eigenvalue weighted by atomic mass is 10.1. The zero-order chi connectivity index (χ0) is 22.0. The van der Waals surface area contributed by atoms with Crippen molar-refractivity contribution in [2.75, 3.05) is 13.7 Å². The molecule has 0 radical (unpaired) electrons. The van der Waals surface area contributed by atoms with Crippen molar-refractivity contribution >= 4 is 18.0 Å². The Hall–Kier alpha value is -2.71. The predicted octanol–water partition coefficient (Wildman–Crippen LogP) is 3.30. The minimum absolute atomic E-state index is 0.348. The fraction of sp³-hybridized carbons (Fsp3) is 0.550. The Morgan fingerprint density at radius 2 is 1.79 bits per heavy atom. The number of likely N-dealkylation sites (tertiary alicyclic amines) is 1. The van der Waals surface area contributed by atoms with Gasteiger partial charge in [0.15, 0.2) is 0 Å². The van der Waals surface area contributed by atoms with Gasteiger partial charge in [-0.3, -0.25) is 9.69 Å². The first kappa shape index (κ1) is 22.6. The van der Waals surface area contributed by atoms with Crippen molar-refractivity contribution in [2.24, 2.45) is 0 Å². The van der Waals surface area contributed by atoms with Gasteiger partial charge in [-0.2, -0.15) is 0 Å². The summed E-state index contributed by atoms with van der Waals surface area (Å²) in [5.41, 5.74) is 0.144. The number of hydrogen-bond donors (Lipinski definition) is 1. The van der Waals surface area contributed by atoms with Gasteiger partial charge in [0.1, 0.15) is 11.6 Å². The van der Waals surface area contributed by atoms with E-state index in [0.717, 1.165) is 4.90 Å². The number of nitrogens with zero attached hydrogens (tertiary/aromatic N) is 1. The Kier molecular flexibility index (Phi) is 6.50. The molecule has 2 rings (SSSR count). The largest absolute Gasteiger partial charge is 0.465 e. The molecule has 0 aliphatic carbocycles. The molecule has 29 heavy (non-hydrogen) atoms. The molecule has 1 aliphatic heterocycles. The Morgan fingerprint density at radius 3 is 2.31 bits per heavy atom. The maximum atomic E-state index is 13.9. The Morgan fingerprint density at radius 1 is 1.21 bits per heavy atom. The van der Waals surface area contributed by atoms with Crippen LogP contribution in [0.3, 0.4) is 0 Å². The number of nitrogens with one attached hydrogen (secondary N) is 1. The van der Waals surface area contributed by atoms with E-state index in [4.69, 9.17) is 4.74 Å². The Labute approximate surface area is 168 Å². The molecule has 9 heteroatoms. The van der Waals surface area contributed by atoms with Gasteiger partial charge >= 0.3 is 12.1 Å². The molecule has 1 aromatic carbocycles. The maximum absolute atomic E-state index is 13.9. The van der Waals surface area contributed by atoms with Crippen LogP contribution in [0, 0.1) is 0 Å². The second kappa shape index (κ2) is 8.34. The highest BCUT2D eigenvalue weighted by Gasteiger charge is 2.51. The van der Waals surface area contributed by atoms with Crippen LogP contribution in [-0.2, 0) is 14.3 Å². The Balaban J connectivity index is 2.10. The second-order valence-corrected chi connectivity index (χ2v) is 8.03. The third kappa shape index (κ3) is 5.88. The monoisotopic (exact) mass is 412 g/mol. The van der Waals surface area contributed by atoms with E-state index in [1.165, 1.54) is 7.11 Å². The van der Waals surface area contributed by atoms with Crippen molar-refractivity contribution < 1.29 is 32.6 Å². The summed E-state index contributed by atoms with van der Waals surface area (Å²) in [4.78, 5) is 37.2. The van der Waals surface area contributed by atoms with Gasteiger partial charge in [0, 0.05) is 6.42 Å². The van der Waals surface area contributed by atoms with Crippen LogP contribution in [0.15, 0.2) is 24.3 Å². The molecule has 0 unspecified atom stereocenters.